The van der Waals surface area contributed by atoms with Crippen molar-refractivity contribution >= 4 is 24.2 Å². The highest BCUT2D eigenvalue weighted by atomic mass is 35.5. The third-order valence-corrected chi connectivity index (χ3v) is 4.25. The van der Waals surface area contributed by atoms with E-state index in [4.69, 9.17) is 26.6 Å². The van der Waals surface area contributed by atoms with E-state index in [-0.39, 0.29) is 17.2 Å². The van der Waals surface area contributed by atoms with Gasteiger partial charge in [0, 0.05) is 17.7 Å². The van der Waals surface area contributed by atoms with Crippen molar-refractivity contribution in [1.82, 2.24) is 4.98 Å². The molecule has 1 aliphatic heterocycles. The summed E-state index contributed by atoms with van der Waals surface area (Å²) in [5.74, 6) is 0. The van der Waals surface area contributed by atoms with Gasteiger partial charge >= 0.3 is 7.12 Å². The van der Waals surface area contributed by atoms with Gasteiger partial charge in [-0.1, -0.05) is 11.6 Å². The van der Waals surface area contributed by atoms with Crippen LogP contribution >= 0.6 is 11.6 Å². The first-order valence-electron chi connectivity index (χ1n) is 6.88. The zero-order valence-electron chi connectivity index (χ0n) is 12.7. The Morgan fingerprint density at radius 1 is 1.30 bits per heavy atom. The Hall–Kier alpha value is -0.615. The lowest BCUT2D eigenvalue weighted by Crippen LogP contribution is -2.41. The molecule has 0 aliphatic carbocycles. The van der Waals surface area contributed by atoms with E-state index in [1.165, 1.54) is 0 Å². The molecule has 0 amide bonds. The summed E-state index contributed by atoms with van der Waals surface area (Å²) in [6, 6.07) is 1.88. The first-order valence-corrected chi connectivity index (χ1v) is 7.26. The highest BCUT2D eigenvalue weighted by molar-refractivity contribution is 6.62. The molecule has 1 fully saturated rings. The molecule has 0 bridgehead atoms. The molecular weight excluding hydrogens is 274 g/mol. The molecule has 20 heavy (non-hydrogen) atoms. The average Bonchev–Trinajstić information content (AvgIpc) is 2.46. The summed E-state index contributed by atoms with van der Waals surface area (Å²) < 4.78 is 12.1. The molecule has 2 N–H and O–H groups in total. The standard InChI is InChI=1S/C14H22BClN2O2/c1-9(17)6-10-7-12(16)18-8-11(10)15-19-13(2,3)14(4,5)20-15/h7-9H,6,17H2,1-5H3. The number of pyridine rings is 1. The molecule has 2 heterocycles. The molecule has 1 atom stereocenters. The van der Waals surface area contributed by atoms with Crippen LogP contribution in [0, 0.1) is 0 Å². The lowest BCUT2D eigenvalue weighted by atomic mass is 9.76. The van der Waals surface area contributed by atoms with Crippen molar-refractivity contribution in [2.24, 2.45) is 5.73 Å². The summed E-state index contributed by atoms with van der Waals surface area (Å²) in [5, 5.41) is 0.459. The average molecular weight is 297 g/mol. The minimum Gasteiger partial charge on any atom is -0.399 e. The number of rotatable bonds is 3. The predicted molar refractivity (Wildman–Crippen MR) is 82.3 cm³/mol. The third kappa shape index (κ3) is 3.01. The SMILES string of the molecule is CC(N)Cc1cc(Cl)ncc1B1OC(C)(C)C(C)(C)O1. The van der Waals surface area contributed by atoms with Crippen molar-refractivity contribution in [1.29, 1.82) is 0 Å². The minimum absolute atomic E-state index is 0.0367. The van der Waals surface area contributed by atoms with Gasteiger partial charge in [-0.25, -0.2) is 4.98 Å². The van der Waals surface area contributed by atoms with Gasteiger partial charge in [-0.3, -0.25) is 0 Å². The van der Waals surface area contributed by atoms with Gasteiger partial charge in [-0.15, -0.1) is 0 Å². The lowest BCUT2D eigenvalue weighted by molar-refractivity contribution is 0.00578. The van der Waals surface area contributed by atoms with Gasteiger partial charge in [0.05, 0.1) is 11.2 Å². The van der Waals surface area contributed by atoms with Crippen molar-refractivity contribution in [3.8, 4) is 0 Å². The molecule has 0 saturated carbocycles. The summed E-state index contributed by atoms with van der Waals surface area (Å²) in [7, 11) is -0.432. The number of aromatic nitrogens is 1. The topological polar surface area (TPSA) is 57.4 Å². The molecule has 1 aliphatic rings. The second-order valence-electron chi connectivity index (χ2n) is 6.48. The van der Waals surface area contributed by atoms with Gasteiger partial charge in [0.15, 0.2) is 0 Å². The van der Waals surface area contributed by atoms with Crippen LogP contribution in [-0.2, 0) is 15.7 Å². The molecule has 0 radical (unpaired) electrons. The van der Waals surface area contributed by atoms with E-state index >= 15 is 0 Å². The maximum atomic E-state index is 6.07. The van der Waals surface area contributed by atoms with Crippen LogP contribution in [0.5, 0.6) is 0 Å². The highest BCUT2D eigenvalue weighted by Crippen LogP contribution is 2.36. The summed E-state index contributed by atoms with van der Waals surface area (Å²) in [6.45, 7) is 10.1. The Morgan fingerprint density at radius 2 is 1.85 bits per heavy atom. The zero-order chi connectivity index (χ0) is 15.1. The van der Waals surface area contributed by atoms with Gasteiger partial charge in [0.25, 0.3) is 0 Å². The van der Waals surface area contributed by atoms with Crippen LogP contribution in [0.15, 0.2) is 12.3 Å². The van der Waals surface area contributed by atoms with Crippen molar-refractivity contribution in [3.05, 3.63) is 23.0 Å². The molecule has 4 nitrogen and oxygen atoms in total. The summed E-state index contributed by atoms with van der Waals surface area (Å²) in [5.41, 5.74) is 7.09. The Bertz CT molecular complexity index is 490. The van der Waals surface area contributed by atoms with Crippen molar-refractivity contribution in [2.75, 3.05) is 0 Å². The molecule has 6 heteroatoms. The van der Waals surface area contributed by atoms with Crippen molar-refractivity contribution in [2.45, 2.75) is 58.3 Å². The number of nitrogens with zero attached hydrogens (tertiary/aromatic N) is 1. The van der Waals surface area contributed by atoms with Crippen LogP contribution in [0.2, 0.25) is 5.15 Å². The minimum atomic E-state index is -0.432. The molecule has 1 unspecified atom stereocenters. The van der Waals surface area contributed by atoms with E-state index in [0.717, 1.165) is 11.0 Å². The van der Waals surface area contributed by atoms with E-state index in [0.29, 0.717) is 11.6 Å². The molecule has 1 aromatic rings. The monoisotopic (exact) mass is 296 g/mol. The molecule has 0 aromatic carbocycles. The van der Waals surface area contributed by atoms with Gasteiger partial charge in [0.2, 0.25) is 0 Å². The first kappa shape index (κ1) is 15.8. The fourth-order valence-electron chi connectivity index (χ4n) is 2.18. The number of halogens is 1. The quantitative estimate of drug-likeness (QED) is 0.684. The van der Waals surface area contributed by atoms with E-state index in [1.807, 2.05) is 40.7 Å². The van der Waals surface area contributed by atoms with Gasteiger partial charge in [0.1, 0.15) is 5.15 Å². The lowest BCUT2D eigenvalue weighted by Gasteiger charge is -2.32. The van der Waals surface area contributed by atoms with Gasteiger partial charge < -0.3 is 15.0 Å². The molecular formula is C14H22BClN2O2. The maximum Gasteiger partial charge on any atom is 0.496 e. The Kier molecular flexibility index (Phi) is 4.18. The van der Waals surface area contributed by atoms with E-state index < -0.39 is 7.12 Å². The third-order valence-electron chi connectivity index (χ3n) is 4.04. The molecule has 110 valence electrons. The van der Waals surface area contributed by atoms with Crippen LogP contribution < -0.4 is 11.2 Å². The van der Waals surface area contributed by atoms with Crippen molar-refractivity contribution < 1.29 is 9.31 Å². The largest absolute Gasteiger partial charge is 0.496 e. The number of hydrogen-bond donors (Lipinski definition) is 1. The van der Waals surface area contributed by atoms with Crippen LogP contribution in [0.4, 0.5) is 0 Å². The second kappa shape index (κ2) is 5.30. The Labute approximate surface area is 126 Å². The van der Waals surface area contributed by atoms with Crippen LogP contribution in [0.3, 0.4) is 0 Å². The summed E-state index contributed by atoms with van der Waals surface area (Å²) in [6.07, 6.45) is 2.43. The fourth-order valence-corrected chi connectivity index (χ4v) is 2.36. The van der Waals surface area contributed by atoms with E-state index in [2.05, 4.69) is 4.98 Å². The van der Waals surface area contributed by atoms with Crippen LogP contribution in [-0.4, -0.2) is 29.3 Å². The van der Waals surface area contributed by atoms with Gasteiger partial charge in [-0.05, 0) is 52.7 Å². The summed E-state index contributed by atoms with van der Waals surface area (Å²) >= 11 is 5.99. The molecule has 1 aromatic heterocycles. The Morgan fingerprint density at radius 3 is 2.35 bits per heavy atom. The second-order valence-corrected chi connectivity index (χ2v) is 6.86. The fraction of sp³-hybridized carbons (Fsp3) is 0.643. The normalized spacial score (nSPS) is 22.1. The number of nitrogens with two attached hydrogens (primary N) is 1. The highest BCUT2D eigenvalue weighted by Gasteiger charge is 2.52. The summed E-state index contributed by atoms with van der Waals surface area (Å²) in [4.78, 5) is 4.15. The van der Waals surface area contributed by atoms with Crippen LogP contribution in [0.1, 0.15) is 40.2 Å². The molecule has 2 rings (SSSR count). The van der Waals surface area contributed by atoms with Crippen LogP contribution in [0.25, 0.3) is 0 Å². The smallest absolute Gasteiger partial charge is 0.399 e. The van der Waals surface area contributed by atoms with E-state index in [1.54, 1.807) is 6.20 Å². The van der Waals surface area contributed by atoms with E-state index in [9.17, 15) is 0 Å². The zero-order valence-corrected chi connectivity index (χ0v) is 13.5. The number of hydrogen-bond acceptors (Lipinski definition) is 4. The maximum absolute atomic E-state index is 6.07. The first-order chi connectivity index (χ1) is 9.12. The predicted octanol–water partition coefficient (Wildman–Crippen LogP) is 1.92. The molecule has 1 saturated heterocycles. The van der Waals surface area contributed by atoms with Gasteiger partial charge in [-0.2, -0.15) is 0 Å². The van der Waals surface area contributed by atoms with Crippen molar-refractivity contribution in [3.63, 3.8) is 0 Å². The Balaban J connectivity index is 2.34. The molecule has 0 spiro atoms.